The lowest BCUT2D eigenvalue weighted by Gasteiger charge is -2.14. The van der Waals surface area contributed by atoms with E-state index in [2.05, 4.69) is 21.3 Å². The molecule has 0 aliphatic rings. The summed E-state index contributed by atoms with van der Waals surface area (Å²) in [6, 6.07) is 12.0. The minimum atomic E-state index is 0.536. The maximum absolute atomic E-state index is 5.80. The van der Waals surface area contributed by atoms with Crippen LogP contribution in [-0.2, 0) is 6.61 Å². The molecule has 0 aliphatic carbocycles. The monoisotopic (exact) mass is 257 g/mol. The SMILES string of the molecule is CNc1cc(COc2cccc(N(C)C)c2)ccn1. The maximum atomic E-state index is 5.80. The Bertz CT molecular complexity index is 540. The van der Waals surface area contributed by atoms with Crippen LogP contribution in [0.3, 0.4) is 0 Å². The van der Waals surface area contributed by atoms with Gasteiger partial charge in [0.25, 0.3) is 0 Å². The zero-order valence-electron chi connectivity index (χ0n) is 11.6. The topological polar surface area (TPSA) is 37.4 Å². The Kier molecular flexibility index (Phi) is 4.23. The van der Waals surface area contributed by atoms with Crippen molar-refractivity contribution in [3.05, 3.63) is 48.2 Å². The second kappa shape index (κ2) is 6.09. The van der Waals surface area contributed by atoms with Crippen LogP contribution in [0.5, 0.6) is 5.75 Å². The highest BCUT2D eigenvalue weighted by molar-refractivity contribution is 5.49. The average Bonchev–Trinajstić information content (AvgIpc) is 2.45. The van der Waals surface area contributed by atoms with Crippen molar-refractivity contribution >= 4 is 11.5 Å². The Morgan fingerprint density at radius 2 is 2.05 bits per heavy atom. The highest BCUT2D eigenvalue weighted by Gasteiger charge is 2.00. The molecule has 1 aromatic carbocycles. The first-order valence-corrected chi connectivity index (χ1v) is 6.22. The number of rotatable bonds is 5. The number of pyridine rings is 1. The first-order valence-electron chi connectivity index (χ1n) is 6.22. The number of nitrogens with zero attached hydrogens (tertiary/aromatic N) is 2. The van der Waals surface area contributed by atoms with Gasteiger partial charge in [-0.3, -0.25) is 0 Å². The van der Waals surface area contributed by atoms with Crippen molar-refractivity contribution in [1.82, 2.24) is 4.98 Å². The van der Waals surface area contributed by atoms with Gasteiger partial charge in [-0.15, -0.1) is 0 Å². The molecule has 1 N–H and O–H groups in total. The van der Waals surface area contributed by atoms with Crippen LogP contribution < -0.4 is 15.0 Å². The highest BCUT2D eigenvalue weighted by Crippen LogP contribution is 2.20. The third-order valence-electron chi connectivity index (χ3n) is 2.82. The molecule has 0 spiro atoms. The fraction of sp³-hybridized carbons (Fsp3) is 0.267. The molecule has 4 heteroatoms. The van der Waals surface area contributed by atoms with Crippen molar-refractivity contribution in [2.45, 2.75) is 6.61 Å². The van der Waals surface area contributed by atoms with E-state index in [4.69, 9.17) is 4.74 Å². The summed E-state index contributed by atoms with van der Waals surface area (Å²) < 4.78 is 5.80. The van der Waals surface area contributed by atoms with Gasteiger partial charge in [0, 0.05) is 39.1 Å². The van der Waals surface area contributed by atoms with Crippen LogP contribution in [0.2, 0.25) is 0 Å². The summed E-state index contributed by atoms with van der Waals surface area (Å²) in [6.45, 7) is 0.536. The first-order chi connectivity index (χ1) is 9.19. The second-order valence-corrected chi connectivity index (χ2v) is 4.48. The lowest BCUT2D eigenvalue weighted by molar-refractivity contribution is 0.306. The molecule has 4 nitrogen and oxygen atoms in total. The third-order valence-corrected chi connectivity index (χ3v) is 2.82. The fourth-order valence-corrected chi connectivity index (χ4v) is 1.72. The molecule has 2 rings (SSSR count). The van der Waals surface area contributed by atoms with Gasteiger partial charge in [-0.1, -0.05) is 6.07 Å². The second-order valence-electron chi connectivity index (χ2n) is 4.48. The van der Waals surface area contributed by atoms with Crippen LogP contribution in [0.4, 0.5) is 11.5 Å². The van der Waals surface area contributed by atoms with E-state index in [9.17, 15) is 0 Å². The lowest BCUT2D eigenvalue weighted by Crippen LogP contribution is -2.08. The smallest absolute Gasteiger partial charge is 0.126 e. The van der Waals surface area contributed by atoms with Gasteiger partial charge in [0.05, 0.1) is 0 Å². The van der Waals surface area contributed by atoms with E-state index in [1.807, 2.05) is 51.5 Å². The first kappa shape index (κ1) is 13.2. The third kappa shape index (κ3) is 3.61. The Balaban J connectivity index is 2.03. The molecule has 1 aromatic heterocycles. The molecule has 0 atom stereocenters. The van der Waals surface area contributed by atoms with Gasteiger partial charge in [0.15, 0.2) is 0 Å². The maximum Gasteiger partial charge on any atom is 0.126 e. The van der Waals surface area contributed by atoms with E-state index in [-0.39, 0.29) is 0 Å². The van der Waals surface area contributed by atoms with E-state index in [1.165, 1.54) is 0 Å². The van der Waals surface area contributed by atoms with Crippen molar-refractivity contribution in [2.75, 3.05) is 31.4 Å². The molecule has 0 saturated heterocycles. The molecular weight excluding hydrogens is 238 g/mol. The number of ether oxygens (including phenoxy) is 1. The average molecular weight is 257 g/mol. The minimum Gasteiger partial charge on any atom is -0.489 e. The summed E-state index contributed by atoms with van der Waals surface area (Å²) in [5.74, 6) is 1.72. The molecule has 0 bridgehead atoms. The molecule has 0 fully saturated rings. The fourth-order valence-electron chi connectivity index (χ4n) is 1.72. The van der Waals surface area contributed by atoms with Crippen molar-refractivity contribution in [3.8, 4) is 5.75 Å². The molecule has 2 aromatic rings. The number of aromatic nitrogens is 1. The van der Waals surface area contributed by atoms with Gasteiger partial charge < -0.3 is 15.0 Å². The Hall–Kier alpha value is -2.23. The molecular formula is C15H19N3O. The van der Waals surface area contributed by atoms with E-state index >= 15 is 0 Å². The van der Waals surface area contributed by atoms with E-state index in [1.54, 1.807) is 6.20 Å². The van der Waals surface area contributed by atoms with Gasteiger partial charge in [-0.05, 0) is 29.8 Å². The zero-order valence-corrected chi connectivity index (χ0v) is 11.6. The summed E-state index contributed by atoms with van der Waals surface area (Å²) in [5.41, 5.74) is 2.22. The summed E-state index contributed by atoms with van der Waals surface area (Å²) >= 11 is 0. The van der Waals surface area contributed by atoms with Crippen molar-refractivity contribution in [2.24, 2.45) is 0 Å². The summed E-state index contributed by atoms with van der Waals surface area (Å²) in [7, 11) is 5.88. The van der Waals surface area contributed by atoms with E-state index in [0.29, 0.717) is 6.61 Å². The van der Waals surface area contributed by atoms with Crippen molar-refractivity contribution in [3.63, 3.8) is 0 Å². The number of nitrogens with one attached hydrogen (secondary N) is 1. The van der Waals surface area contributed by atoms with Crippen LogP contribution in [0.25, 0.3) is 0 Å². The molecule has 0 radical (unpaired) electrons. The van der Waals surface area contributed by atoms with Gasteiger partial charge in [0.2, 0.25) is 0 Å². The van der Waals surface area contributed by atoms with Crippen LogP contribution >= 0.6 is 0 Å². The molecule has 0 saturated carbocycles. The van der Waals surface area contributed by atoms with E-state index in [0.717, 1.165) is 22.8 Å². The Morgan fingerprint density at radius 3 is 2.79 bits per heavy atom. The minimum absolute atomic E-state index is 0.536. The number of anilines is 2. The van der Waals surface area contributed by atoms with Gasteiger partial charge in [-0.25, -0.2) is 4.98 Å². The predicted molar refractivity (Wildman–Crippen MR) is 78.9 cm³/mol. The normalized spacial score (nSPS) is 10.1. The molecule has 1 heterocycles. The predicted octanol–water partition coefficient (Wildman–Crippen LogP) is 2.77. The molecule has 0 aliphatic heterocycles. The van der Waals surface area contributed by atoms with Crippen LogP contribution in [0.1, 0.15) is 5.56 Å². The summed E-state index contributed by atoms with van der Waals surface area (Å²) in [4.78, 5) is 6.23. The van der Waals surface area contributed by atoms with E-state index < -0.39 is 0 Å². The standard InChI is InChI=1S/C15H19N3O/c1-16-15-9-12(7-8-17-15)11-19-14-6-4-5-13(10-14)18(2)3/h4-10H,11H2,1-3H3,(H,16,17). The van der Waals surface area contributed by atoms with Crippen LogP contribution in [-0.4, -0.2) is 26.1 Å². The van der Waals surface area contributed by atoms with Crippen molar-refractivity contribution < 1.29 is 4.74 Å². The number of hydrogen-bond acceptors (Lipinski definition) is 4. The molecule has 100 valence electrons. The lowest BCUT2D eigenvalue weighted by atomic mass is 10.2. The van der Waals surface area contributed by atoms with Crippen LogP contribution in [0, 0.1) is 0 Å². The largest absolute Gasteiger partial charge is 0.489 e. The van der Waals surface area contributed by atoms with Gasteiger partial charge in [-0.2, -0.15) is 0 Å². The quantitative estimate of drug-likeness (QED) is 0.893. The summed E-state index contributed by atoms with van der Waals surface area (Å²) in [5, 5.41) is 3.02. The Morgan fingerprint density at radius 1 is 1.21 bits per heavy atom. The molecule has 0 unspecified atom stereocenters. The van der Waals surface area contributed by atoms with Crippen molar-refractivity contribution in [1.29, 1.82) is 0 Å². The van der Waals surface area contributed by atoms with Crippen LogP contribution in [0.15, 0.2) is 42.6 Å². The summed E-state index contributed by atoms with van der Waals surface area (Å²) in [6.07, 6.45) is 1.78. The molecule has 0 amide bonds. The number of benzene rings is 1. The van der Waals surface area contributed by atoms with Gasteiger partial charge in [0.1, 0.15) is 18.2 Å². The van der Waals surface area contributed by atoms with Gasteiger partial charge >= 0.3 is 0 Å². The Labute approximate surface area is 114 Å². The highest BCUT2D eigenvalue weighted by atomic mass is 16.5. The zero-order chi connectivity index (χ0) is 13.7. The number of hydrogen-bond donors (Lipinski definition) is 1. The molecule has 19 heavy (non-hydrogen) atoms.